The van der Waals surface area contributed by atoms with E-state index in [1.165, 1.54) is 6.07 Å². The highest BCUT2D eigenvalue weighted by Gasteiger charge is 2.03. The van der Waals surface area contributed by atoms with Gasteiger partial charge in [-0.2, -0.15) is 0 Å². The van der Waals surface area contributed by atoms with Gasteiger partial charge in [0.2, 0.25) is 5.91 Å². The predicted molar refractivity (Wildman–Crippen MR) is 62.9 cm³/mol. The van der Waals surface area contributed by atoms with Crippen LogP contribution in [0.3, 0.4) is 0 Å². The molecule has 16 heavy (non-hydrogen) atoms. The summed E-state index contributed by atoms with van der Waals surface area (Å²) >= 11 is 0. The van der Waals surface area contributed by atoms with E-state index < -0.39 is 0 Å². The fourth-order valence-corrected chi connectivity index (χ4v) is 1.37. The molecular formula is C12H17FN2O. The van der Waals surface area contributed by atoms with Crippen LogP contribution >= 0.6 is 0 Å². The number of benzene rings is 1. The molecule has 1 amide bonds. The Morgan fingerprint density at radius 3 is 2.88 bits per heavy atom. The van der Waals surface area contributed by atoms with Crippen LogP contribution in [0.2, 0.25) is 0 Å². The topological polar surface area (TPSA) is 41.1 Å². The van der Waals surface area contributed by atoms with Gasteiger partial charge in [0.15, 0.2) is 0 Å². The van der Waals surface area contributed by atoms with E-state index in [-0.39, 0.29) is 11.7 Å². The fraction of sp³-hybridized carbons (Fsp3) is 0.417. The number of carbonyl (C=O) groups is 1. The minimum Gasteiger partial charge on any atom is -0.382 e. The van der Waals surface area contributed by atoms with Gasteiger partial charge in [0, 0.05) is 19.5 Å². The van der Waals surface area contributed by atoms with Crippen molar-refractivity contribution < 1.29 is 9.18 Å². The van der Waals surface area contributed by atoms with Gasteiger partial charge in [-0.25, -0.2) is 4.39 Å². The van der Waals surface area contributed by atoms with Crippen molar-refractivity contribution in [3.8, 4) is 0 Å². The summed E-state index contributed by atoms with van der Waals surface area (Å²) < 4.78 is 13.3. The smallest absolute Gasteiger partial charge is 0.221 e. The third-order valence-electron chi connectivity index (χ3n) is 2.16. The molecule has 0 heterocycles. The molecule has 0 bridgehead atoms. The molecule has 4 heteroatoms. The van der Waals surface area contributed by atoms with Crippen LogP contribution in [0.5, 0.6) is 0 Å². The van der Waals surface area contributed by atoms with Crippen molar-refractivity contribution in [1.82, 2.24) is 5.32 Å². The maximum absolute atomic E-state index is 13.3. The second-order valence-corrected chi connectivity index (χ2v) is 3.61. The average molecular weight is 224 g/mol. The third-order valence-corrected chi connectivity index (χ3v) is 2.16. The Bertz CT molecular complexity index is 366. The van der Waals surface area contributed by atoms with Gasteiger partial charge in [0.1, 0.15) is 5.82 Å². The Labute approximate surface area is 95.0 Å². The number of hydrogen-bond donors (Lipinski definition) is 2. The second kappa shape index (κ2) is 6.10. The highest BCUT2D eigenvalue weighted by Crippen LogP contribution is 2.15. The minimum atomic E-state index is -0.290. The monoisotopic (exact) mass is 224 g/mol. The zero-order chi connectivity index (χ0) is 12.0. The molecule has 0 spiro atoms. The summed E-state index contributed by atoms with van der Waals surface area (Å²) in [6.45, 7) is 4.82. The normalized spacial score (nSPS) is 9.94. The first-order valence-electron chi connectivity index (χ1n) is 5.40. The van der Waals surface area contributed by atoms with Crippen molar-refractivity contribution in [3.05, 3.63) is 29.6 Å². The molecule has 1 rings (SSSR count). The van der Waals surface area contributed by atoms with E-state index in [0.717, 1.165) is 5.56 Å². The SMILES string of the molecule is CCNC(=O)CCNc1cc(C)ccc1F. The molecule has 0 aliphatic carbocycles. The summed E-state index contributed by atoms with van der Waals surface area (Å²) in [6.07, 6.45) is 0.348. The molecule has 0 saturated heterocycles. The molecule has 0 fully saturated rings. The number of carbonyl (C=O) groups excluding carboxylic acids is 1. The summed E-state index contributed by atoms with van der Waals surface area (Å²) in [5, 5.41) is 5.59. The molecule has 2 N–H and O–H groups in total. The van der Waals surface area contributed by atoms with Crippen molar-refractivity contribution in [2.45, 2.75) is 20.3 Å². The van der Waals surface area contributed by atoms with Crippen LogP contribution in [0, 0.1) is 12.7 Å². The largest absolute Gasteiger partial charge is 0.382 e. The molecule has 3 nitrogen and oxygen atoms in total. The van der Waals surface area contributed by atoms with E-state index >= 15 is 0 Å². The van der Waals surface area contributed by atoms with Gasteiger partial charge in [-0.3, -0.25) is 4.79 Å². The Kier molecular flexibility index (Phi) is 4.76. The van der Waals surface area contributed by atoms with Gasteiger partial charge in [-0.05, 0) is 31.5 Å². The number of nitrogens with one attached hydrogen (secondary N) is 2. The van der Waals surface area contributed by atoms with Crippen LogP contribution < -0.4 is 10.6 Å². The molecular weight excluding hydrogens is 207 g/mol. The van der Waals surface area contributed by atoms with Crippen molar-refractivity contribution in [1.29, 1.82) is 0 Å². The number of amides is 1. The zero-order valence-corrected chi connectivity index (χ0v) is 9.64. The first-order valence-corrected chi connectivity index (χ1v) is 5.40. The van der Waals surface area contributed by atoms with Crippen molar-refractivity contribution in [2.75, 3.05) is 18.4 Å². The predicted octanol–water partition coefficient (Wildman–Crippen LogP) is 2.07. The van der Waals surface area contributed by atoms with E-state index in [9.17, 15) is 9.18 Å². The number of hydrogen-bond acceptors (Lipinski definition) is 2. The maximum Gasteiger partial charge on any atom is 0.221 e. The third kappa shape index (κ3) is 3.88. The van der Waals surface area contributed by atoms with Crippen LogP contribution in [0.4, 0.5) is 10.1 Å². The highest BCUT2D eigenvalue weighted by molar-refractivity contribution is 5.76. The number of anilines is 1. The zero-order valence-electron chi connectivity index (χ0n) is 9.64. The van der Waals surface area contributed by atoms with E-state index in [1.807, 2.05) is 13.8 Å². The van der Waals surface area contributed by atoms with E-state index in [0.29, 0.717) is 25.2 Å². The van der Waals surface area contributed by atoms with Crippen molar-refractivity contribution in [3.63, 3.8) is 0 Å². The summed E-state index contributed by atoms with van der Waals surface area (Å²) in [5.74, 6) is -0.315. The summed E-state index contributed by atoms with van der Waals surface area (Å²) in [4.78, 5) is 11.1. The molecule has 0 saturated carbocycles. The molecule has 88 valence electrons. The summed E-state index contributed by atoms with van der Waals surface area (Å²) in [6, 6.07) is 4.86. The Hall–Kier alpha value is -1.58. The van der Waals surface area contributed by atoms with Crippen LogP contribution in [0.15, 0.2) is 18.2 Å². The second-order valence-electron chi connectivity index (χ2n) is 3.61. The van der Waals surface area contributed by atoms with Gasteiger partial charge in [0.25, 0.3) is 0 Å². The molecule has 1 aromatic carbocycles. The van der Waals surface area contributed by atoms with E-state index in [1.54, 1.807) is 12.1 Å². The van der Waals surface area contributed by atoms with Crippen molar-refractivity contribution >= 4 is 11.6 Å². The molecule has 0 aliphatic heterocycles. The molecule has 0 aliphatic rings. The van der Waals surface area contributed by atoms with Crippen molar-refractivity contribution in [2.24, 2.45) is 0 Å². The molecule has 0 aromatic heterocycles. The van der Waals surface area contributed by atoms with E-state index in [2.05, 4.69) is 10.6 Å². The molecule has 0 radical (unpaired) electrons. The quantitative estimate of drug-likeness (QED) is 0.804. The molecule has 1 aromatic rings. The van der Waals surface area contributed by atoms with Crippen LogP contribution in [-0.4, -0.2) is 19.0 Å². The fourth-order valence-electron chi connectivity index (χ4n) is 1.37. The van der Waals surface area contributed by atoms with E-state index in [4.69, 9.17) is 0 Å². The van der Waals surface area contributed by atoms with Crippen LogP contribution in [0.25, 0.3) is 0 Å². The van der Waals surface area contributed by atoms with Gasteiger partial charge < -0.3 is 10.6 Å². The number of halogens is 1. The Morgan fingerprint density at radius 2 is 2.19 bits per heavy atom. The van der Waals surface area contributed by atoms with Gasteiger partial charge in [-0.1, -0.05) is 6.07 Å². The van der Waals surface area contributed by atoms with Crippen LogP contribution in [0.1, 0.15) is 18.9 Å². The summed E-state index contributed by atoms with van der Waals surface area (Å²) in [5.41, 5.74) is 1.44. The lowest BCUT2D eigenvalue weighted by Crippen LogP contribution is -2.24. The maximum atomic E-state index is 13.3. The lowest BCUT2D eigenvalue weighted by atomic mass is 10.2. The standard InChI is InChI=1S/C12H17FN2O/c1-3-14-12(16)6-7-15-11-8-9(2)4-5-10(11)13/h4-5,8,15H,3,6-7H2,1-2H3,(H,14,16). The highest BCUT2D eigenvalue weighted by atomic mass is 19.1. The molecule has 0 atom stereocenters. The minimum absolute atomic E-state index is 0.0249. The van der Waals surface area contributed by atoms with Gasteiger partial charge >= 0.3 is 0 Å². The van der Waals surface area contributed by atoms with Crippen LogP contribution in [-0.2, 0) is 4.79 Å². The number of rotatable bonds is 5. The van der Waals surface area contributed by atoms with Gasteiger partial charge in [-0.15, -0.1) is 0 Å². The van der Waals surface area contributed by atoms with Gasteiger partial charge in [0.05, 0.1) is 5.69 Å². The Balaban J connectivity index is 2.42. The Morgan fingerprint density at radius 1 is 1.44 bits per heavy atom. The lowest BCUT2D eigenvalue weighted by Gasteiger charge is -2.08. The lowest BCUT2D eigenvalue weighted by molar-refractivity contribution is -0.120. The summed E-state index contributed by atoms with van der Waals surface area (Å²) in [7, 11) is 0. The molecule has 0 unspecified atom stereocenters. The number of aryl methyl sites for hydroxylation is 1. The average Bonchev–Trinajstić information content (AvgIpc) is 2.23. The first-order chi connectivity index (χ1) is 7.63. The first kappa shape index (κ1) is 12.5.